The molecule has 0 saturated carbocycles. The SMILES string of the molecule is BrCc1sc2c(ccc3ccccc32)c1Br. The molecule has 0 radical (unpaired) electrons. The van der Waals surface area contributed by atoms with Crippen molar-refractivity contribution in [3.8, 4) is 0 Å². The molecule has 0 spiro atoms. The highest BCUT2D eigenvalue weighted by atomic mass is 79.9. The van der Waals surface area contributed by atoms with Crippen molar-refractivity contribution in [1.29, 1.82) is 0 Å². The second-order valence-corrected chi connectivity index (χ2v) is 6.10. The average Bonchev–Trinajstić information content (AvgIpc) is 2.67. The summed E-state index contributed by atoms with van der Waals surface area (Å²) in [6, 6.07) is 12.9. The minimum absolute atomic E-state index is 0.904. The van der Waals surface area contributed by atoms with Crippen molar-refractivity contribution in [1.82, 2.24) is 0 Å². The maximum Gasteiger partial charge on any atom is 0.0436 e. The summed E-state index contributed by atoms with van der Waals surface area (Å²) >= 11 is 9.07. The fourth-order valence-corrected chi connectivity index (χ4v) is 4.85. The van der Waals surface area contributed by atoms with Gasteiger partial charge in [-0.2, -0.15) is 0 Å². The molecule has 0 saturated heterocycles. The van der Waals surface area contributed by atoms with Crippen molar-refractivity contribution in [2.75, 3.05) is 0 Å². The zero-order valence-electron chi connectivity index (χ0n) is 8.34. The molecule has 0 aliphatic carbocycles. The molecule has 3 aromatic rings. The summed E-state index contributed by atoms with van der Waals surface area (Å²) in [6.45, 7) is 0. The molecule has 16 heavy (non-hydrogen) atoms. The molecule has 2 aromatic carbocycles. The first kappa shape index (κ1) is 10.8. The van der Waals surface area contributed by atoms with Crippen LogP contribution in [0.2, 0.25) is 0 Å². The third kappa shape index (κ3) is 1.53. The Hall–Kier alpha value is -0.380. The molecule has 0 nitrogen and oxygen atoms in total. The largest absolute Gasteiger partial charge is 0.138 e. The third-order valence-electron chi connectivity index (χ3n) is 2.71. The van der Waals surface area contributed by atoms with Gasteiger partial charge in [0.15, 0.2) is 0 Å². The summed E-state index contributed by atoms with van der Waals surface area (Å²) in [5, 5.41) is 4.88. The number of thiophene rings is 1. The molecule has 0 aliphatic rings. The molecule has 0 atom stereocenters. The minimum atomic E-state index is 0.904. The van der Waals surface area contributed by atoms with Crippen LogP contribution in [0.4, 0.5) is 0 Å². The number of benzene rings is 2. The number of hydrogen-bond acceptors (Lipinski definition) is 1. The average molecular weight is 356 g/mol. The highest BCUT2D eigenvalue weighted by Crippen LogP contribution is 2.40. The van der Waals surface area contributed by atoms with Gasteiger partial charge < -0.3 is 0 Å². The van der Waals surface area contributed by atoms with E-state index in [9.17, 15) is 0 Å². The van der Waals surface area contributed by atoms with Gasteiger partial charge in [0, 0.05) is 24.8 Å². The van der Waals surface area contributed by atoms with E-state index < -0.39 is 0 Å². The first-order valence-electron chi connectivity index (χ1n) is 4.96. The van der Waals surface area contributed by atoms with Gasteiger partial charge in [-0.25, -0.2) is 0 Å². The topological polar surface area (TPSA) is 0 Å². The predicted molar refractivity (Wildman–Crippen MR) is 79.7 cm³/mol. The Bertz CT molecular complexity index is 670. The lowest BCUT2D eigenvalue weighted by Crippen LogP contribution is -1.72. The quantitative estimate of drug-likeness (QED) is 0.490. The first-order valence-corrected chi connectivity index (χ1v) is 7.69. The Morgan fingerprint density at radius 1 is 1.00 bits per heavy atom. The van der Waals surface area contributed by atoms with E-state index >= 15 is 0 Å². The van der Waals surface area contributed by atoms with Gasteiger partial charge in [-0.1, -0.05) is 52.3 Å². The van der Waals surface area contributed by atoms with Crippen LogP contribution in [0, 0.1) is 0 Å². The van der Waals surface area contributed by atoms with Crippen LogP contribution in [0.5, 0.6) is 0 Å². The first-order chi connectivity index (χ1) is 7.81. The number of halogens is 2. The van der Waals surface area contributed by atoms with Gasteiger partial charge in [0.25, 0.3) is 0 Å². The fraction of sp³-hybridized carbons (Fsp3) is 0.0769. The molecule has 80 valence electrons. The van der Waals surface area contributed by atoms with Crippen LogP contribution in [-0.4, -0.2) is 0 Å². The molecular weight excluding hydrogens is 348 g/mol. The monoisotopic (exact) mass is 354 g/mol. The van der Waals surface area contributed by atoms with Crippen molar-refractivity contribution in [2.24, 2.45) is 0 Å². The zero-order chi connectivity index (χ0) is 11.1. The van der Waals surface area contributed by atoms with Gasteiger partial charge in [-0.15, -0.1) is 11.3 Å². The summed E-state index contributed by atoms with van der Waals surface area (Å²) in [5.74, 6) is 0. The molecule has 0 fully saturated rings. The van der Waals surface area contributed by atoms with E-state index in [1.165, 1.54) is 30.2 Å². The summed E-state index contributed by atoms with van der Waals surface area (Å²) in [6.07, 6.45) is 0. The van der Waals surface area contributed by atoms with Crippen LogP contribution in [0.25, 0.3) is 20.9 Å². The van der Waals surface area contributed by atoms with Crippen LogP contribution in [-0.2, 0) is 5.33 Å². The van der Waals surface area contributed by atoms with Gasteiger partial charge >= 0.3 is 0 Å². The minimum Gasteiger partial charge on any atom is -0.138 e. The lowest BCUT2D eigenvalue weighted by Gasteiger charge is -1.98. The van der Waals surface area contributed by atoms with Crippen LogP contribution in [0.3, 0.4) is 0 Å². The van der Waals surface area contributed by atoms with E-state index in [-0.39, 0.29) is 0 Å². The van der Waals surface area contributed by atoms with Crippen LogP contribution >= 0.6 is 43.2 Å². The molecule has 0 unspecified atom stereocenters. The molecular formula is C13H8Br2S. The van der Waals surface area contributed by atoms with E-state index in [1.54, 1.807) is 0 Å². The van der Waals surface area contributed by atoms with Crippen LogP contribution in [0.1, 0.15) is 4.88 Å². The van der Waals surface area contributed by atoms with Crippen LogP contribution in [0.15, 0.2) is 40.9 Å². The Kier molecular flexibility index (Phi) is 2.78. The van der Waals surface area contributed by atoms with E-state index in [1.807, 2.05) is 11.3 Å². The predicted octanol–water partition coefficient (Wildman–Crippen LogP) is 5.71. The molecule has 0 aliphatic heterocycles. The highest BCUT2D eigenvalue weighted by molar-refractivity contribution is 9.11. The summed E-state index contributed by atoms with van der Waals surface area (Å²) in [7, 11) is 0. The standard InChI is InChI=1S/C13H8Br2S/c14-7-11-12(15)10-6-5-8-3-1-2-4-9(8)13(10)16-11/h1-6H,7H2. The third-order valence-corrected chi connectivity index (χ3v) is 6.05. The Balaban J connectivity index is 2.51. The summed E-state index contributed by atoms with van der Waals surface area (Å²) in [4.78, 5) is 1.35. The van der Waals surface area contributed by atoms with Crippen LogP contribution < -0.4 is 0 Å². The Morgan fingerprint density at radius 3 is 2.62 bits per heavy atom. The second-order valence-electron chi connectivity index (χ2n) is 3.64. The number of fused-ring (bicyclic) bond motifs is 3. The number of rotatable bonds is 1. The van der Waals surface area contributed by atoms with Gasteiger partial charge in [-0.05, 0) is 26.7 Å². The normalized spacial score (nSPS) is 11.4. The molecule has 0 amide bonds. The molecule has 3 heteroatoms. The number of alkyl halides is 1. The van der Waals surface area contributed by atoms with Crippen molar-refractivity contribution in [3.63, 3.8) is 0 Å². The number of hydrogen-bond donors (Lipinski definition) is 0. The maximum absolute atomic E-state index is 3.68. The van der Waals surface area contributed by atoms with Crippen molar-refractivity contribution in [2.45, 2.75) is 5.33 Å². The molecule has 0 N–H and O–H groups in total. The smallest absolute Gasteiger partial charge is 0.0436 e. The molecule has 3 rings (SSSR count). The zero-order valence-corrected chi connectivity index (χ0v) is 12.3. The van der Waals surface area contributed by atoms with E-state index in [0.29, 0.717) is 0 Å². The maximum atomic E-state index is 3.68. The van der Waals surface area contributed by atoms with Crippen molar-refractivity contribution >= 4 is 64.1 Å². The summed E-state index contributed by atoms with van der Waals surface area (Å²) in [5.41, 5.74) is 0. The Labute approximate surface area is 115 Å². The van der Waals surface area contributed by atoms with E-state index in [2.05, 4.69) is 68.3 Å². The second kappa shape index (κ2) is 4.13. The van der Waals surface area contributed by atoms with Crippen molar-refractivity contribution in [3.05, 3.63) is 45.7 Å². The highest BCUT2D eigenvalue weighted by Gasteiger charge is 2.10. The van der Waals surface area contributed by atoms with Gasteiger partial charge in [0.1, 0.15) is 0 Å². The van der Waals surface area contributed by atoms with E-state index in [0.717, 1.165) is 5.33 Å². The van der Waals surface area contributed by atoms with Gasteiger partial charge in [0.2, 0.25) is 0 Å². The van der Waals surface area contributed by atoms with Gasteiger partial charge in [-0.3, -0.25) is 0 Å². The lowest BCUT2D eigenvalue weighted by atomic mass is 10.1. The Morgan fingerprint density at radius 2 is 1.81 bits per heavy atom. The van der Waals surface area contributed by atoms with E-state index in [4.69, 9.17) is 0 Å². The molecule has 1 aromatic heterocycles. The molecule has 1 heterocycles. The van der Waals surface area contributed by atoms with Gasteiger partial charge in [0.05, 0.1) is 0 Å². The fourth-order valence-electron chi connectivity index (χ4n) is 1.93. The lowest BCUT2D eigenvalue weighted by molar-refractivity contribution is 1.56. The summed E-state index contributed by atoms with van der Waals surface area (Å²) < 4.78 is 2.61. The van der Waals surface area contributed by atoms with Crippen molar-refractivity contribution < 1.29 is 0 Å². The molecule has 0 bridgehead atoms.